The van der Waals surface area contributed by atoms with Crippen molar-refractivity contribution in [3.8, 4) is 0 Å². The maximum absolute atomic E-state index is 12.6. The van der Waals surface area contributed by atoms with Gasteiger partial charge in [0.25, 0.3) is 0 Å². The summed E-state index contributed by atoms with van der Waals surface area (Å²) in [5, 5.41) is 0. The predicted octanol–water partition coefficient (Wildman–Crippen LogP) is 1.41. The zero-order valence-corrected chi connectivity index (χ0v) is 9.22. The van der Waals surface area contributed by atoms with Gasteiger partial charge in [-0.05, 0) is 37.3 Å². The Morgan fingerprint density at radius 1 is 1.35 bits per heavy atom. The summed E-state index contributed by atoms with van der Waals surface area (Å²) in [6.07, 6.45) is 1.90. The molecule has 0 saturated heterocycles. The molecule has 1 aromatic carbocycles. The highest BCUT2D eigenvalue weighted by Gasteiger charge is 2.09. The molecule has 0 aliphatic rings. The van der Waals surface area contributed by atoms with Crippen LogP contribution in [0.3, 0.4) is 0 Å². The first-order valence-electron chi connectivity index (χ1n) is 4.93. The van der Waals surface area contributed by atoms with Crippen LogP contribution in [0.25, 0.3) is 0 Å². The summed E-state index contributed by atoms with van der Waals surface area (Å²) >= 11 is 0. The smallest absolute Gasteiger partial charge is 0.338 e. The number of hydrogen-bond donors (Lipinski definition) is 1. The number of halogens is 1. The third-order valence-electron chi connectivity index (χ3n) is 1.90. The van der Waals surface area contributed by atoms with Crippen molar-refractivity contribution in [2.24, 2.45) is 5.73 Å². The number of rotatable bonds is 4. The molecule has 0 aliphatic heterocycles. The van der Waals surface area contributed by atoms with Crippen molar-refractivity contribution >= 4 is 11.9 Å². The van der Waals surface area contributed by atoms with Gasteiger partial charge in [0, 0.05) is 6.08 Å². The predicted molar refractivity (Wildman–Crippen MR) is 59.6 cm³/mol. The molecule has 0 fully saturated rings. The zero-order valence-electron chi connectivity index (χ0n) is 9.22. The minimum Gasteiger partial charge on any atom is -0.455 e. The van der Waals surface area contributed by atoms with Gasteiger partial charge < -0.3 is 10.5 Å². The lowest BCUT2D eigenvalue weighted by Gasteiger charge is -2.08. The molecule has 5 heteroatoms. The van der Waals surface area contributed by atoms with Crippen LogP contribution in [-0.4, -0.2) is 18.0 Å². The number of nitrogens with two attached hydrogens (primary N) is 1. The average Bonchev–Trinajstić information content (AvgIpc) is 2.27. The van der Waals surface area contributed by atoms with Crippen LogP contribution in [-0.2, 0) is 9.53 Å². The van der Waals surface area contributed by atoms with E-state index in [2.05, 4.69) is 0 Å². The van der Waals surface area contributed by atoms with E-state index in [0.717, 1.165) is 6.08 Å². The van der Waals surface area contributed by atoms with Crippen LogP contribution in [0.5, 0.6) is 0 Å². The number of esters is 1. The number of benzene rings is 1. The lowest BCUT2D eigenvalue weighted by molar-refractivity contribution is -0.113. The summed E-state index contributed by atoms with van der Waals surface area (Å²) in [5.41, 5.74) is 5.13. The van der Waals surface area contributed by atoms with Gasteiger partial charge in [-0.15, -0.1) is 0 Å². The molecule has 1 aromatic rings. The molecule has 0 aliphatic carbocycles. The van der Waals surface area contributed by atoms with Crippen molar-refractivity contribution in [3.63, 3.8) is 0 Å². The van der Waals surface area contributed by atoms with Crippen molar-refractivity contribution in [3.05, 3.63) is 47.8 Å². The van der Waals surface area contributed by atoms with Gasteiger partial charge >= 0.3 is 5.97 Å². The molecule has 1 rings (SSSR count). The van der Waals surface area contributed by atoms with Crippen LogP contribution in [0.15, 0.2) is 36.4 Å². The van der Waals surface area contributed by atoms with E-state index in [4.69, 9.17) is 10.5 Å². The largest absolute Gasteiger partial charge is 0.455 e. The Balaban J connectivity index is 2.60. The van der Waals surface area contributed by atoms with Crippen molar-refractivity contribution in [2.75, 3.05) is 0 Å². The fourth-order valence-electron chi connectivity index (χ4n) is 1.09. The van der Waals surface area contributed by atoms with Crippen LogP contribution in [0.4, 0.5) is 4.39 Å². The molecule has 1 atom stereocenters. The van der Waals surface area contributed by atoms with Crippen LogP contribution < -0.4 is 5.73 Å². The van der Waals surface area contributed by atoms with Gasteiger partial charge in [-0.3, -0.25) is 4.79 Å². The summed E-state index contributed by atoms with van der Waals surface area (Å²) < 4.78 is 17.6. The van der Waals surface area contributed by atoms with E-state index in [0.29, 0.717) is 0 Å². The Kier molecular flexibility index (Phi) is 4.39. The highest BCUT2D eigenvalue weighted by atomic mass is 19.1. The minimum absolute atomic E-state index is 0.241. The number of hydrogen-bond acceptors (Lipinski definition) is 3. The second-order valence-electron chi connectivity index (χ2n) is 3.38. The number of primary amides is 1. The van der Waals surface area contributed by atoms with Gasteiger partial charge in [0.1, 0.15) is 11.9 Å². The van der Waals surface area contributed by atoms with Crippen LogP contribution in [0.1, 0.15) is 17.3 Å². The first-order chi connectivity index (χ1) is 7.99. The van der Waals surface area contributed by atoms with Gasteiger partial charge in [0.05, 0.1) is 5.56 Å². The molecule has 0 saturated carbocycles. The number of ether oxygens (including phenoxy) is 1. The molecule has 0 aromatic heterocycles. The molecular formula is C12H12FNO3. The van der Waals surface area contributed by atoms with Gasteiger partial charge in [-0.1, -0.05) is 0 Å². The van der Waals surface area contributed by atoms with Gasteiger partial charge in [-0.25, -0.2) is 9.18 Å². The lowest BCUT2D eigenvalue weighted by Crippen LogP contribution is -2.14. The maximum atomic E-state index is 12.6. The Hall–Kier alpha value is -2.17. The third-order valence-corrected chi connectivity index (χ3v) is 1.90. The molecule has 0 spiro atoms. The lowest BCUT2D eigenvalue weighted by atomic mass is 10.2. The molecule has 0 radical (unpaired) electrons. The van der Waals surface area contributed by atoms with Crippen molar-refractivity contribution in [1.29, 1.82) is 0 Å². The number of carbonyl (C=O) groups excluding carboxylic acids is 2. The van der Waals surface area contributed by atoms with Crippen LogP contribution in [0.2, 0.25) is 0 Å². The summed E-state index contributed by atoms with van der Waals surface area (Å²) in [6.45, 7) is 1.58. The van der Waals surface area contributed by atoms with E-state index in [-0.39, 0.29) is 5.56 Å². The Bertz CT molecular complexity index is 440. The van der Waals surface area contributed by atoms with Crippen molar-refractivity contribution in [1.82, 2.24) is 0 Å². The fourth-order valence-corrected chi connectivity index (χ4v) is 1.09. The summed E-state index contributed by atoms with van der Waals surface area (Å²) in [5.74, 6) is -1.63. The van der Waals surface area contributed by atoms with E-state index < -0.39 is 23.8 Å². The standard InChI is InChI=1S/C12H12FNO3/c1-8(2-7-11(14)15)17-12(16)9-3-5-10(13)6-4-9/h2-8H,1H3,(H2,14,15)/b7-2-. The van der Waals surface area contributed by atoms with E-state index in [1.54, 1.807) is 6.92 Å². The number of amides is 1. The van der Waals surface area contributed by atoms with Gasteiger partial charge in [0.15, 0.2) is 0 Å². The topological polar surface area (TPSA) is 69.4 Å². The van der Waals surface area contributed by atoms with Gasteiger partial charge in [-0.2, -0.15) is 0 Å². The Labute approximate surface area is 97.9 Å². The quantitative estimate of drug-likeness (QED) is 0.635. The second-order valence-corrected chi connectivity index (χ2v) is 3.38. The number of carbonyl (C=O) groups is 2. The molecule has 0 bridgehead atoms. The van der Waals surface area contributed by atoms with E-state index in [1.807, 2.05) is 0 Å². The minimum atomic E-state index is -0.616. The molecule has 1 unspecified atom stereocenters. The van der Waals surface area contributed by atoms with E-state index in [1.165, 1.54) is 30.3 Å². The Morgan fingerprint density at radius 2 is 1.94 bits per heavy atom. The molecule has 90 valence electrons. The summed E-state index contributed by atoms with van der Waals surface area (Å²) in [6, 6.07) is 4.98. The normalized spacial score (nSPS) is 12.4. The first kappa shape index (κ1) is 12.9. The monoisotopic (exact) mass is 237 g/mol. The highest BCUT2D eigenvalue weighted by Crippen LogP contribution is 2.06. The Morgan fingerprint density at radius 3 is 2.47 bits per heavy atom. The molecule has 4 nitrogen and oxygen atoms in total. The summed E-state index contributed by atoms with van der Waals surface area (Å²) in [7, 11) is 0. The zero-order chi connectivity index (χ0) is 12.8. The SMILES string of the molecule is CC(/C=C\C(N)=O)OC(=O)c1ccc(F)cc1. The highest BCUT2D eigenvalue weighted by molar-refractivity contribution is 5.89. The first-order valence-corrected chi connectivity index (χ1v) is 4.93. The second kappa shape index (κ2) is 5.79. The van der Waals surface area contributed by atoms with Crippen molar-refractivity contribution in [2.45, 2.75) is 13.0 Å². The maximum Gasteiger partial charge on any atom is 0.338 e. The summed E-state index contributed by atoms with van der Waals surface area (Å²) in [4.78, 5) is 22.0. The third kappa shape index (κ3) is 4.46. The van der Waals surface area contributed by atoms with E-state index in [9.17, 15) is 14.0 Å². The molecule has 17 heavy (non-hydrogen) atoms. The van der Waals surface area contributed by atoms with Crippen molar-refractivity contribution < 1.29 is 18.7 Å². The molecule has 1 amide bonds. The van der Waals surface area contributed by atoms with E-state index >= 15 is 0 Å². The molecule has 0 heterocycles. The average molecular weight is 237 g/mol. The molecular weight excluding hydrogens is 225 g/mol. The fraction of sp³-hybridized carbons (Fsp3) is 0.167. The van der Waals surface area contributed by atoms with Crippen LogP contribution >= 0.6 is 0 Å². The van der Waals surface area contributed by atoms with Gasteiger partial charge in [0.2, 0.25) is 5.91 Å². The molecule has 2 N–H and O–H groups in total. The van der Waals surface area contributed by atoms with Crippen LogP contribution in [0, 0.1) is 5.82 Å².